The van der Waals surface area contributed by atoms with E-state index in [1.165, 1.54) is 16.8 Å². The number of hydrogen-bond donors (Lipinski definition) is 0. The monoisotopic (exact) mass is 381 g/mol. The van der Waals surface area contributed by atoms with E-state index in [0.29, 0.717) is 0 Å². The number of nitrogens with zero attached hydrogens (tertiary/aromatic N) is 1. The van der Waals surface area contributed by atoms with Crippen LogP contribution in [0.2, 0.25) is 0 Å². The largest absolute Gasteiger partial charge is 0.367 e. The second-order valence-corrected chi connectivity index (χ2v) is 5.82. The zero-order chi connectivity index (χ0) is 13.7. The van der Waals surface area contributed by atoms with Gasteiger partial charge in [0.1, 0.15) is 0 Å². The lowest BCUT2D eigenvalue weighted by Crippen LogP contribution is -2.21. The van der Waals surface area contributed by atoms with Crippen LogP contribution >= 0.6 is 31.9 Å². The number of benzene rings is 2. The molecule has 1 nitrogen and oxygen atoms in total. The van der Waals surface area contributed by atoms with Gasteiger partial charge in [-0.25, -0.2) is 0 Å². The highest BCUT2D eigenvalue weighted by Gasteiger charge is 2.07. The fraction of sp³-hybridized carbons (Fsp3) is 0.250. The molecule has 0 N–H and O–H groups in total. The molecule has 0 aliphatic rings. The molecule has 0 atom stereocenters. The lowest BCUT2D eigenvalue weighted by atomic mass is 10.1. The normalized spacial score (nSPS) is 10.5. The molecule has 0 unspecified atom stereocenters. The highest BCUT2D eigenvalue weighted by Crippen LogP contribution is 2.26. The van der Waals surface area contributed by atoms with Crippen LogP contribution < -0.4 is 4.90 Å². The van der Waals surface area contributed by atoms with E-state index >= 15 is 0 Å². The molecule has 0 aliphatic carbocycles. The van der Waals surface area contributed by atoms with Crippen LogP contribution in [0.15, 0.2) is 53.0 Å². The number of halogens is 2. The van der Waals surface area contributed by atoms with E-state index in [9.17, 15) is 0 Å². The van der Waals surface area contributed by atoms with Crippen LogP contribution in [0.25, 0.3) is 0 Å². The Morgan fingerprint density at radius 2 is 1.79 bits per heavy atom. The standard InChI is InChI=1S/C16H17Br2N/c1-2-19(12-13-6-4-3-5-7-13)15-9-8-14(11-17)16(18)10-15/h3-10H,2,11-12H2,1H3. The number of hydrogen-bond acceptors (Lipinski definition) is 1. The Morgan fingerprint density at radius 1 is 1.05 bits per heavy atom. The molecule has 0 fully saturated rings. The number of anilines is 1. The Labute approximate surface area is 131 Å². The first-order valence-electron chi connectivity index (χ1n) is 6.38. The molecular formula is C16H17Br2N. The van der Waals surface area contributed by atoms with Gasteiger partial charge < -0.3 is 4.90 Å². The number of rotatable bonds is 5. The van der Waals surface area contributed by atoms with E-state index in [1.807, 2.05) is 0 Å². The van der Waals surface area contributed by atoms with Crippen molar-refractivity contribution in [2.24, 2.45) is 0 Å². The Balaban J connectivity index is 2.20. The van der Waals surface area contributed by atoms with Crippen molar-refractivity contribution in [1.29, 1.82) is 0 Å². The third-order valence-electron chi connectivity index (χ3n) is 3.14. The highest BCUT2D eigenvalue weighted by molar-refractivity contribution is 9.10. The topological polar surface area (TPSA) is 3.24 Å². The molecule has 3 heteroatoms. The average molecular weight is 383 g/mol. The first-order valence-corrected chi connectivity index (χ1v) is 8.29. The van der Waals surface area contributed by atoms with E-state index in [1.54, 1.807) is 0 Å². The summed E-state index contributed by atoms with van der Waals surface area (Å²) in [6.45, 7) is 4.13. The molecule has 0 aromatic heterocycles. The van der Waals surface area contributed by atoms with E-state index in [4.69, 9.17) is 0 Å². The van der Waals surface area contributed by atoms with Crippen LogP contribution in [0.3, 0.4) is 0 Å². The molecular weight excluding hydrogens is 366 g/mol. The SMILES string of the molecule is CCN(Cc1ccccc1)c1ccc(CBr)c(Br)c1. The van der Waals surface area contributed by atoms with Crippen molar-refractivity contribution in [1.82, 2.24) is 0 Å². The molecule has 0 saturated carbocycles. The predicted octanol–water partition coefficient (Wildman–Crippen LogP) is 5.37. The van der Waals surface area contributed by atoms with Crippen molar-refractivity contribution in [3.63, 3.8) is 0 Å². The molecule has 100 valence electrons. The van der Waals surface area contributed by atoms with Crippen LogP contribution in [0.5, 0.6) is 0 Å². The van der Waals surface area contributed by atoms with Crippen molar-refractivity contribution in [3.05, 3.63) is 64.1 Å². The van der Waals surface area contributed by atoms with E-state index in [2.05, 4.69) is 92.2 Å². The Bertz CT molecular complexity index is 526. The summed E-state index contributed by atoms with van der Waals surface area (Å²) in [6.07, 6.45) is 0. The van der Waals surface area contributed by atoms with Crippen molar-refractivity contribution in [3.8, 4) is 0 Å². The zero-order valence-corrected chi connectivity index (χ0v) is 14.1. The van der Waals surface area contributed by atoms with Gasteiger partial charge in [0.15, 0.2) is 0 Å². The fourth-order valence-electron chi connectivity index (χ4n) is 2.03. The highest BCUT2D eigenvalue weighted by atomic mass is 79.9. The fourth-order valence-corrected chi connectivity index (χ4v) is 3.40. The van der Waals surface area contributed by atoms with Crippen LogP contribution in [0.4, 0.5) is 5.69 Å². The minimum Gasteiger partial charge on any atom is -0.367 e. The molecule has 0 spiro atoms. The molecule has 0 heterocycles. The second-order valence-electron chi connectivity index (χ2n) is 4.41. The van der Waals surface area contributed by atoms with Gasteiger partial charge in [0.2, 0.25) is 0 Å². The first-order chi connectivity index (χ1) is 9.24. The van der Waals surface area contributed by atoms with Crippen LogP contribution in [-0.4, -0.2) is 6.54 Å². The molecule has 2 aromatic rings. The van der Waals surface area contributed by atoms with Crippen molar-refractivity contribution >= 4 is 37.5 Å². The van der Waals surface area contributed by atoms with Gasteiger partial charge in [-0.2, -0.15) is 0 Å². The second kappa shape index (κ2) is 7.11. The van der Waals surface area contributed by atoms with Gasteiger partial charge in [-0.15, -0.1) is 0 Å². The van der Waals surface area contributed by atoms with Crippen LogP contribution in [-0.2, 0) is 11.9 Å². The number of alkyl halides is 1. The Kier molecular flexibility index (Phi) is 5.46. The van der Waals surface area contributed by atoms with Crippen LogP contribution in [0, 0.1) is 0 Å². The molecule has 0 bridgehead atoms. The van der Waals surface area contributed by atoms with Gasteiger partial charge in [-0.3, -0.25) is 0 Å². The average Bonchev–Trinajstić information content (AvgIpc) is 2.46. The van der Waals surface area contributed by atoms with Gasteiger partial charge in [0, 0.05) is 28.6 Å². The summed E-state index contributed by atoms with van der Waals surface area (Å²) in [5, 5.41) is 0.874. The Hall–Kier alpha value is -0.800. The molecule has 2 rings (SSSR count). The third kappa shape index (κ3) is 3.83. The van der Waals surface area contributed by atoms with Crippen molar-refractivity contribution < 1.29 is 0 Å². The molecule has 0 radical (unpaired) electrons. The maximum Gasteiger partial charge on any atom is 0.0429 e. The summed E-state index contributed by atoms with van der Waals surface area (Å²) >= 11 is 7.13. The molecule has 19 heavy (non-hydrogen) atoms. The molecule has 0 saturated heterocycles. The quantitative estimate of drug-likeness (QED) is 0.628. The van der Waals surface area contributed by atoms with Gasteiger partial charge in [0.05, 0.1) is 0 Å². The van der Waals surface area contributed by atoms with E-state index in [0.717, 1.165) is 22.9 Å². The summed E-state index contributed by atoms with van der Waals surface area (Å²) in [4.78, 5) is 2.37. The van der Waals surface area contributed by atoms with Crippen molar-refractivity contribution in [2.75, 3.05) is 11.4 Å². The summed E-state index contributed by atoms with van der Waals surface area (Å²) in [7, 11) is 0. The zero-order valence-electron chi connectivity index (χ0n) is 10.9. The van der Waals surface area contributed by atoms with E-state index < -0.39 is 0 Å². The molecule has 0 amide bonds. The van der Waals surface area contributed by atoms with E-state index in [-0.39, 0.29) is 0 Å². The summed E-state index contributed by atoms with van der Waals surface area (Å²) < 4.78 is 1.16. The Morgan fingerprint density at radius 3 is 2.37 bits per heavy atom. The lowest BCUT2D eigenvalue weighted by Gasteiger charge is -2.24. The van der Waals surface area contributed by atoms with Crippen LogP contribution in [0.1, 0.15) is 18.1 Å². The molecule has 2 aromatic carbocycles. The predicted molar refractivity (Wildman–Crippen MR) is 89.9 cm³/mol. The van der Waals surface area contributed by atoms with Gasteiger partial charge >= 0.3 is 0 Å². The van der Waals surface area contributed by atoms with Crippen molar-refractivity contribution in [2.45, 2.75) is 18.8 Å². The lowest BCUT2D eigenvalue weighted by molar-refractivity contribution is 0.831. The minimum atomic E-state index is 0.874. The van der Waals surface area contributed by atoms with Gasteiger partial charge in [-0.05, 0) is 30.2 Å². The van der Waals surface area contributed by atoms with Gasteiger partial charge in [0.25, 0.3) is 0 Å². The smallest absolute Gasteiger partial charge is 0.0429 e. The molecule has 0 aliphatic heterocycles. The maximum atomic E-state index is 3.63. The maximum absolute atomic E-state index is 3.63. The summed E-state index contributed by atoms with van der Waals surface area (Å²) in [6, 6.07) is 17.1. The minimum absolute atomic E-state index is 0.874. The van der Waals surface area contributed by atoms with Gasteiger partial charge in [-0.1, -0.05) is 68.3 Å². The summed E-state index contributed by atoms with van der Waals surface area (Å²) in [5.74, 6) is 0. The third-order valence-corrected chi connectivity index (χ3v) is 4.49. The summed E-state index contributed by atoms with van der Waals surface area (Å²) in [5.41, 5.74) is 3.87. The first kappa shape index (κ1) is 14.6.